The first kappa shape index (κ1) is 8.06. The molecule has 0 amide bonds. The van der Waals surface area contributed by atoms with Gasteiger partial charge < -0.3 is 5.32 Å². The molecule has 10 heavy (non-hydrogen) atoms. The summed E-state index contributed by atoms with van der Waals surface area (Å²) in [6, 6.07) is 0.867. The SMILES string of the molecule is CCCCNC1CCCC1. The van der Waals surface area contributed by atoms with E-state index >= 15 is 0 Å². The van der Waals surface area contributed by atoms with Gasteiger partial charge in [-0.2, -0.15) is 0 Å². The Hall–Kier alpha value is -0.0400. The molecular formula is C9H19N. The molecule has 0 aromatic heterocycles. The summed E-state index contributed by atoms with van der Waals surface area (Å²) in [6.07, 6.45) is 8.40. The lowest BCUT2D eigenvalue weighted by Gasteiger charge is -2.09. The molecule has 1 fully saturated rings. The van der Waals surface area contributed by atoms with Crippen LogP contribution in [0.3, 0.4) is 0 Å². The van der Waals surface area contributed by atoms with E-state index in [1.54, 1.807) is 0 Å². The van der Waals surface area contributed by atoms with Gasteiger partial charge in [-0.05, 0) is 25.8 Å². The topological polar surface area (TPSA) is 12.0 Å². The van der Waals surface area contributed by atoms with Gasteiger partial charge in [-0.3, -0.25) is 0 Å². The van der Waals surface area contributed by atoms with Crippen LogP contribution in [-0.2, 0) is 0 Å². The Morgan fingerprint density at radius 3 is 2.60 bits per heavy atom. The van der Waals surface area contributed by atoms with Gasteiger partial charge in [-0.15, -0.1) is 0 Å². The molecule has 0 aliphatic heterocycles. The monoisotopic (exact) mass is 141 g/mol. The molecule has 0 spiro atoms. The van der Waals surface area contributed by atoms with Crippen molar-refractivity contribution in [3.8, 4) is 0 Å². The maximum Gasteiger partial charge on any atom is 0.00670 e. The van der Waals surface area contributed by atoms with E-state index in [1.165, 1.54) is 45.1 Å². The molecule has 1 heteroatoms. The predicted octanol–water partition coefficient (Wildman–Crippen LogP) is 2.32. The van der Waals surface area contributed by atoms with Crippen LogP contribution in [0.1, 0.15) is 45.4 Å². The summed E-state index contributed by atoms with van der Waals surface area (Å²) in [7, 11) is 0. The van der Waals surface area contributed by atoms with Crippen LogP contribution in [-0.4, -0.2) is 12.6 Å². The Kier molecular flexibility index (Phi) is 3.81. The number of hydrogen-bond acceptors (Lipinski definition) is 1. The van der Waals surface area contributed by atoms with Crippen LogP contribution in [0.25, 0.3) is 0 Å². The molecule has 0 unspecified atom stereocenters. The van der Waals surface area contributed by atoms with Gasteiger partial charge in [0.2, 0.25) is 0 Å². The lowest BCUT2D eigenvalue weighted by atomic mass is 10.2. The molecule has 1 aliphatic rings. The van der Waals surface area contributed by atoms with Gasteiger partial charge in [0.25, 0.3) is 0 Å². The summed E-state index contributed by atoms with van der Waals surface area (Å²) in [4.78, 5) is 0. The van der Waals surface area contributed by atoms with E-state index in [0.717, 1.165) is 6.04 Å². The van der Waals surface area contributed by atoms with Crippen molar-refractivity contribution in [3.63, 3.8) is 0 Å². The number of nitrogens with one attached hydrogen (secondary N) is 1. The van der Waals surface area contributed by atoms with Crippen molar-refractivity contribution in [2.24, 2.45) is 0 Å². The first-order chi connectivity index (χ1) is 4.93. The summed E-state index contributed by atoms with van der Waals surface area (Å²) in [5, 5.41) is 3.58. The minimum atomic E-state index is 0.867. The largest absolute Gasteiger partial charge is 0.314 e. The second-order valence-corrected chi connectivity index (χ2v) is 3.29. The molecule has 1 nitrogen and oxygen atoms in total. The molecule has 1 N–H and O–H groups in total. The zero-order valence-corrected chi connectivity index (χ0v) is 7.03. The van der Waals surface area contributed by atoms with Gasteiger partial charge in [0.15, 0.2) is 0 Å². The summed E-state index contributed by atoms with van der Waals surface area (Å²) in [6.45, 7) is 3.48. The van der Waals surface area contributed by atoms with Crippen molar-refractivity contribution in [3.05, 3.63) is 0 Å². The smallest absolute Gasteiger partial charge is 0.00670 e. The quantitative estimate of drug-likeness (QED) is 0.592. The van der Waals surface area contributed by atoms with Gasteiger partial charge in [-0.25, -0.2) is 0 Å². The maximum atomic E-state index is 3.58. The summed E-state index contributed by atoms with van der Waals surface area (Å²) in [5.41, 5.74) is 0. The van der Waals surface area contributed by atoms with Gasteiger partial charge in [0.05, 0.1) is 0 Å². The Morgan fingerprint density at radius 2 is 2.00 bits per heavy atom. The van der Waals surface area contributed by atoms with Crippen molar-refractivity contribution < 1.29 is 0 Å². The molecular weight excluding hydrogens is 122 g/mol. The van der Waals surface area contributed by atoms with E-state index in [9.17, 15) is 0 Å². The normalized spacial score (nSPS) is 20.1. The molecule has 60 valence electrons. The van der Waals surface area contributed by atoms with Crippen molar-refractivity contribution >= 4 is 0 Å². The summed E-state index contributed by atoms with van der Waals surface area (Å²) >= 11 is 0. The molecule has 0 aromatic carbocycles. The maximum absolute atomic E-state index is 3.58. The van der Waals surface area contributed by atoms with Crippen LogP contribution in [0.5, 0.6) is 0 Å². The molecule has 0 atom stereocenters. The van der Waals surface area contributed by atoms with E-state index in [4.69, 9.17) is 0 Å². The molecule has 0 saturated heterocycles. The van der Waals surface area contributed by atoms with E-state index < -0.39 is 0 Å². The fraction of sp³-hybridized carbons (Fsp3) is 1.00. The van der Waals surface area contributed by atoms with E-state index in [-0.39, 0.29) is 0 Å². The molecule has 1 saturated carbocycles. The van der Waals surface area contributed by atoms with Crippen LogP contribution in [0.4, 0.5) is 0 Å². The minimum Gasteiger partial charge on any atom is -0.314 e. The van der Waals surface area contributed by atoms with Crippen LogP contribution < -0.4 is 5.32 Å². The molecule has 1 rings (SSSR count). The third-order valence-electron chi connectivity index (χ3n) is 2.32. The highest BCUT2D eigenvalue weighted by Gasteiger charge is 2.12. The average molecular weight is 141 g/mol. The third-order valence-corrected chi connectivity index (χ3v) is 2.32. The lowest BCUT2D eigenvalue weighted by Crippen LogP contribution is -2.26. The molecule has 1 aliphatic carbocycles. The Morgan fingerprint density at radius 1 is 1.30 bits per heavy atom. The van der Waals surface area contributed by atoms with Gasteiger partial charge >= 0.3 is 0 Å². The fourth-order valence-corrected chi connectivity index (χ4v) is 1.61. The Bertz CT molecular complexity index is 74.8. The molecule has 0 radical (unpaired) electrons. The summed E-state index contributed by atoms with van der Waals surface area (Å²) in [5.74, 6) is 0. The van der Waals surface area contributed by atoms with Crippen molar-refractivity contribution in [1.82, 2.24) is 5.32 Å². The standard InChI is InChI=1S/C9H19N/c1-2-3-8-10-9-6-4-5-7-9/h9-10H,2-8H2,1H3. The lowest BCUT2D eigenvalue weighted by molar-refractivity contribution is 0.513. The number of hydrogen-bond donors (Lipinski definition) is 1. The van der Waals surface area contributed by atoms with Gasteiger partial charge in [0, 0.05) is 6.04 Å². The zero-order valence-electron chi connectivity index (χ0n) is 7.03. The molecule has 0 heterocycles. The Balaban J connectivity index is 1.91. The van der Waals surface area contributed by atoms with Crippen molar-refractivity contribution in [2.75, 3.05) is 6.54 Å². The van der Waals surface area contributed by atoms with E-state index in [0.29, 0.717) is 0 Å². The van der Waals surface area contributed by atoms with E-state index in [1.807, 2.05) is 0 Å². The highest BCUT2D eigenvalue weighted by molar-refractivity contribution is 4.72. The van der Waals surface area contributed by atoms with E-state index in [2.05, 4.69) is 12.2 Å². The first-order valence-corrected chi connectivity index (χ1v) is 4.67. The van der Waals surface area contributed by atoms with Crippen LogP contribution >= 0.6 is 0 Å². The zero-order chi connectivity index (χ0) is 7.23. The second kappa shape index (κ2) is 4.73. The average Bonchev–Trinajstić information content (AvgIpc) is 2.41. The van der Waals surface area contributed by atoms with Crippen molar-refractivity contribution in [2.45, 2.75) is 51.5 Å². The van der Waals surface area contributed by atoms with Crippen LogP contribution in [0.2, 0.25) is 0 Å². The highest BCUT2D eigenvalue weighted by Crippen LogP contribution is 2.17. The van der Waals surface area contributed by atoms with Crippen molar-refractivity contribution in [1.29, 1.82) is 0 Å². The number of rotatable bonds is 4. The second-order valence-electron chi connectivity index (χ2n) is 3.29. The predicted molar refractivity (Wildman–Crippen MR) is 45.2 cm³/mol. The number of unbranched alkanes of at least 4 members (excludes halogenated alkanes) is 1. The minimum absolute atomic E-state index is 0.867. The van der Waals surface area contributed by atoms with Gasteiger partial charge in [-0.1, -0.05) is 26.2 Å². The first-order valence-electron chi connectivity index (χ1n) is 4.67. The molecule has 0 aromatic rings. The summed E-state index contributed by atoms with van der Waals surface area (Å²) < 4.78 is 0. The van der Waals surface area contributed by atoms with Crippen LogP contribution in [0, 0.1) is 0 Å². The third kappa shape index (κ3) is 2.70. The fourth-order valence-electron chi connectivity index (χ4n) is 1.61. The Labute approximate surface area is 64.2 Å². The van der Waals surface area contributed by atoms with Crippen LogP contribution in [0.15, 0.2) is 0 Å². The molecule has 0 bridgehead atoms. The highest BCUT2D eigenvalue weighted by atomic mass is 14.9. The van der Waals surface area contributed by atoms with Gasteiger partial charge in [0.1, 0.15) is 0 Å².